The highest BCUT2D eigenvalue weighted by Gasteiger charge is 2.05. The largest absolute Gasteiger partial charge is 1.00 e. The van der Waals surface area contributed by atoms with Gasteiger partial charge in [0.15, 0.2) is 37.9 Å². The molecule has 0 spiro atoms. The molecule has 0 aliphatic carbocycles. The zero-order valence-corrected chi connectivity index (χ0v) is 18.4. The zero-order chi connectivity index (χ0) is 19.0. The van der Waals surface area contributed by atoms with Crippen LogP contribution in [0.1, 0.15) is 22.3 Å². The molecule has 0 saturated heterocycles. The number of aromatic nitrogens is 2. The van der Waals surface area contributed by atoms with Crippen LogP contribution < -0.4 is 33.9 Å². The van der Waals surface area contributed by atoms with Gasteiger partial charge in [-0.15, -0.1) is 0 Å². The number of halogens is 2. The van der Waals surface area contributed by atoms with Gasteiger partial charge in [0, 0.05) is 35.4 Å². The van der Waals surface area contributed by atoms with Crippen LogP contribution >= 0.6 is 0 Å². The van der Waals surface area contributed by atoms with Crippen molar-refractivity contribution in [2.75, 3.05) is 0 Å². The minimum Gasteiger partial charge on any atom is -1.00 e. The fourth-order valence-corrected chi connectivity index (χ4v) is 3.40. The normalized spacial score (nSPS) is 10.0. The summed E-state index contributed by atoms with van der Waals surface area (Å²) in [7, 11) is 0. The van der Waals surface area contributed by atoms with E-state index in [0.717, 1.165) is 25.9 Å². The monoisotopic (exact) mass is 436 g/mol. The van der Waals surface area contributed by atoms with Crippen LogP contribution in [-0.4, -0.2) is 0 Å². The quantitative estimate of drug-likeness (QED) is 0.300. The second kappa shape index (κ2) is 12.1. The fraction of sp³-hybridized carbons (Fsp3) is 0.154. The number of hydrogen-bond donors (Lipinski definition) is 0. The molecule has 0 bridgehead atoms. The zero-order valence-electron chi connectivity index (χ0n) is 16.9. The first-order chi connectivity index (χ1) is 13.8. The van der Waals surface area contributed by atoms with Crippen LogP contribution in [0.2, 0.25) is 0 Å². The second-order valence-corrected chi connectivity index (χ2v) is 7.23. The van der Waals surface area contributed by atoms with E-state index in [-0.39, 0.29) is 24.8 Å². The van der Waals surface area contributed by atoms with E-state index in [9.17, 15) is 0 Å². The van der Waals surface area contributed by atoms with Gasteiger partial charge in [0.25, 0.3) is 0 Å². The third-order valence-electron chi connectivity index (χ3n) is 5.04. The van der Waals surface area contributed by atoms with Crippen molar-refractivity contribution in [1.29, 1.82) is 0 Å². The van der Waals surface area contributed by atoms with E-state index < -0.39 is 0 Å². The Bertz CT molecular complexity index is 902. The summed E-state index contributed by atoms with van der Waals surface area (Å²) in [6.45, 7) is 1.84. The van der Waals surface area contributed by atoms with Crippen LogP contribution in [0.25, 0.3) is 0 Å². The fourth-order valence-electron chi connectivity index (χ4n) is 3.40. The van der Waals surface area contributed by atoms with E-state index in [1.54, 1.807) is 0 Å². The van der Waals surface area contributed by atoms with Crippen LogP contribution in [0, 0.1) is 0 Å². The number of rotatable bonds is 7. The van der Waals surface area contributed by atoms with Crippen LogP contribution in [0.4, 0.5) is 0 Å². The molecule has 2 heterocycles. The SMILES string of the molecule is [Cl-].[Cl-].c1ccc(C[n+]2ccc(CCc3cc[n+](Cc4ccccc4)cc3)cc2)cc1. The molecule has 0 N–H and O–H groups in total. The molecule has 0 saturated carbocycles. The van der Waals surface area contributed by atoms with Crippen molar-refractivity contribution in [2.24, 2.45) is 0 Å². The topological polar surface area (TPSA) is 7.76 Å². The minimum atomic E-state index is 0. The molecule has 2 nitrogen and oxygen atoms in total. The highest BCUT2D eigenvalue weighted by atomic mass is 35.5. The maximum atomic E-state index is 2.24. The average molecular weight is 437 g/mol. The molecular weight excluding hydrogens is 411 g/mol. The standard InChI is InChI=1S/C26H26N2.2ClH/c1-3-7-25(8-4-1)21-27-17-13-23(14-18-27)11-12-24-15-19-28(20-16-24)22-26-9-5-2-6-10-26;;/h1-10,13-20H,11-12,21-22H2;2*1H/q+2;;/p-2. The molecule has 30 heavy (non-hydrogen) atoms. The predicted molar refractivity (Wildman–Crippen MR) is 112 cm³/mol. The first kappa shape index (κ1) is 23.6. The Balaban J connectivity index is 0.00000160. The van der Waals surface area contributed by atoms with Crippen LogP contribution in [0.5, 0.6) is 0 Å². The van der Waals surface area contributed by atoms with Gasteiger partial charge in [-0.3, -0.25) is 0 Å². The summed E-state index contributed by atoms with van der Waals surface area (Å²) in [5, 5.41) is 0. The lowest BCUT2D eigenvalue weighted by Gasteiger charge is -2.03. The molecular formula is C26H26Cl2N2. The van der Waals surface area contributed by atoms with E-state index >= 15 is 0 Å². The third kappa shape index (κ3) is 6.98. The lowest BCUT2D eigenvalue weighted by atomic mass is 10.1. The molecule has 4 aromatic rings. The molecule has 0 fully saturated rings. The summed E-state index contributed by atoms with van der Waals surface area (Å²) in [5.41, 5.74) is 5.41. The van der Waals surface area contributed by atoms with Crippen LogP contribution in [0.15, 0.2) is 110 Å². The minimum absolute atomic E-state index is 0. The van der Waals surface area contributed by atoms with Crippen LogP contribution in [-0.2, 0) is 25.9 Å². The number of aryl methyl sites for hydroxylation is 2. The van der Waals surface area contributed by atoms with Crippen LogP contribution in [0.3, 0.4) is 0 Å². The van der Waals surface area contributed by atoms with Gasteiger partial charge in [-0.25, -0.2) is 9.13 Å². The van der Waals surface area contributed by atoms with Crippen molar-refractivity contribution in [1.82, 2.24) is 0 Å². The van der Waals surface area contributed by atoms with E-state index in [1.807, 2.05) is 0 Å². The third-order valence-corrected chi connectivity index (χ3v) is 5.04. The summed E-state index contributed by atoms with van der Waals surface area (Å²) in [5.74, 6) is 0. The summed E-state index contributed by atoms with van der Waals surface area (Å²) in [4.78, 5) is 0. The smallest absolute Gasteiger partial charge is 0.173 e. The van der Waals surface area contributed by atoms with E-state index in [1.165, 1.54) is 22.3 Å². The summed E-state index contributed by atoms with van der Waals surface area (Å²) in [6, 6.07) is 30.1. The van der Waals surface area contributed by atoms with Gasteiger partial charge >= 0.3 is 0 Å². The Morgan fingerprint density at radius 1 is 0.400 bits per heavy atom. The molecule has 2 aromatic carbocycles. The number of hydrogen-bond acceptors (Lipinski definition) is 0. The number of pyridine rings is 2. The summed E-state index contributed by atoms with van der Waals surface area (Å²) < 4.78 is 4.46. The lowest BCUT2D eigenvalue weighted by molar-refractivity contribution is -0.688. The van der Waals surface area contributed by atoms with Crippen molar-refractivity contribution in [3.63, 3.8) is 0 Å². The number of benzene rings is 2. The van der Waals surface area contributed by atoms with Crippen molar-refractivity contribution in [2.45, 2.75) is 25.9 Å². The maximum absolute atomic E-state index is 2.24. The molecule has 0 amide bonds. The predicted octanol–water partition coefficient (Wildman–Crippen LogP) is -1.85. The Morgan fingerprint density at radius 2 is 0.733 bits per heavy atom. The van der Waals surface area contributed by atoms with Crippen molar-refractivity contribution in [3.05, 3.63) is 132 Å². The van der Waals surface area contributed by atoms with E-state index in [0.29, 0.717) is 0 Å². The van der Waals surface area contributed by atoms with E-state index in [4.69, 9.17) is 0 Å². The molecule has 0 unspecified atom stereocenters. The van der Waals surface area contributed by atoms with E-state index in [2.05, 4.69) is 119 Å². The highest BCUT2D eigenvalue weighted by Crippen LogP contribution is 2.06. The van der Waals surface area contributed by atoms with Gasteiger partial charge in [0.05, 0.1) is 0 Å². The molecule has 0 aliphatic heterocycles. The second-order valence-electron chi connectivity index (χ2n) is 7.23. The lowest BCUT2D eigenvalue weighted by Crippen LogP contribution is -3.00. The Morgan fingerprint density at radius 3 is 1.07 bits per heavy atom. The van der Waals surface area contributed by atoms with Gasteiger partial charge < -0.3 is 24.8 Å². The molecule has 0 radical (unpaired) electrons. The maximum Gasteiger partial charge on any atom is 0.173 e. The molecule has 154 valence electrons. The van der Waals surface area contributed by atoms with Crippen molar-refractivity contribution in [3.8, 4) is 0 Å². The van der Waals surface area contributed by atoms with Gasteiger partial charge in [-0.1, -0.05) is 60.7 Å². The highest BCUT2D eigenvalue weighted by molar-refractivity contribution is 5.16. The van der Waals surface area contributed by atoms with Gasteiger partial charge in [0.2, 0.25) is 0 Å². The first-order valence-corrected chi connectivity index (χ1v) is 9.89. The molecule has 4 rings (SSSR count). The Kier molecular flexibility index (Phi) is 9.53. The first-order valence-electron chi connectivity index (χ1n) is 9.89. The van der Waals surface area contributed by atoms with Gasteiger partial charge in [0.1, 0.15) is 0 Å². The Labute approximate surface area is 191 Å². The molecule has 4 heteroatoms. The molecule has 2 aromatic heterocycles. The van der Waals surface area contributed by atoms with Crippen molar-refractivity contribution >= 4 is 0 Å². The summed E-state index contributed by atoms with van der Waals surface area (Å²) in [6.07, 6.45) is 10.9. The van der Waals surface area contributed by atoms with Gasteiger partial charge in [-0.05, 0) is 24.0 Å². The Hall–Kier alpha value is -2.68. The van der Waals surface area contributed by atoms with Gasteiger partial charge in [-0.2, -0.15) is 0 Å². The number of nitrogens with zero attached hydrogens (tertiary/aromatic N) is 2. The summed E-state index contributed by atoms with van der Waals surface area (Å²) >= 11 is 0. The molecule has 0 atom stereocenters. The molecule has 0 aliphatic rings. The van der Waals surface area contributed by atoms with Crippen molar-refractivity contribution < 1.29 is 33.9 Å². The average Bonchev–Trinajstić information content (AvgIpc) is 2.76.